The minimum atomic E-state index is -1.25. The second-order valence-corrected chi connectivity index (χ2v) is 11.9. The first-order chi connectivity index (χ1) is 16.7. The van der Waals surface area contributed by atoms with E-state index in [1.807, 2.05) is 0 Å². The topological polar surface area (TPSA) is 65.1 Å². The molecule has 5 atom stereocenters. The number of ether oxygens (including phenoxy) is 3. The van der Waals surface area contributed by atoms with Gasteiger partial charge in [-0.1, -0.05) is 43.0 Å². The number of esters is 2. The van der Waals surface area contributed by atoms with Gasteiger partial charge in [-0.05, 0) is 63.2 Å². The van der Waals surface area contributed by atoms with Gasteiger partial charge < -0.3 is 19.1 Å². The van der Waals surface area contributed by atoms with Crippen molar-refractivity contribution in [2.45, 2.75) is 68.2 Å². The fourth-order valence-electron chi connectivity index (χ4n) is 5.98. The number of hydrogen-bond acceptors (Lipinski definition) is 8. The fourth-order valence-corrected chi connectivity index (χ4v) is 7.68. The van der Waals surface area contributed by atoms with Crippen LogP contribution in [0.5, 0.6) is 5.75 Å². The van der Waals surface area contributed by atoms with Crippen LogP contribution in [0.25, 0.3) is 0 Å². The summed E-state index contributed by atoms with van der Waals surface area (Å²) in [5, 5.41) is 0.840. The lowest BCUT2D eigenvalue weighted by Gasteiger charge is -2.62. The number of carbonyl (C=O) groups excluding carboxylic acids is 2. The Balaban J connectivity index is 1.59. The zero-order valence-corrected chi connectivity index (χ0v) is 23.2. The van der Waals surface area contributed by atoms with E-state index in [2.05, 4.69) is 11.8 Å². The molecule has 3 fully saturated rings. The van der Waals surface area contributed by atoms with Gasteiger partial charge in [0, 0.05) is 17.9 Å². The highest BCUT2D eigenvalue weighted by Crippen LogP contribution is 2.60. The van der Waals surface area contributed by atoms with E-state index in [0.29, 0.717) is 41.8 Å². The Kier molecular flexibility index (Phi) is 8.79. The largest absolute Gasteiger partial charge is 0.494 e. The lowest BCUT2D eigenvalue weighted by molar-refractivity contribution is -0.234. The van der Waals surface area contributed by atoms with Crippen LogP contribution in [0.4, 0.5) is 0 Å². The number of hydrogen-bond donors (Lipinski definition) is 2. The molecule has 0 bridgehead atoms. The van der Waals surface area contributed by atoms with E-state index in [4.69, 9.17) is 62.7 Å². The highest BCUT2D eigenvalue weighted by atomic mass is 35.5. The second-order valence-electron chi connectivity index (χ2n) is 9.80. The van der Waals surface area contributed by atoms with Gasteiger partial charge in [0.1, 0.15) is 5.75 Å². The average molecular weight is 563 g/mol. The van der Waals surface area contributed by atoms with Crippen LogP contribution < -0.4 is 4.74 Å². The fraction of sp³-hybridized carbons (Fsp3) is 0.680. The molecule has 1 spiro atoms. The molecule has 1 aromatic carbocycles. The Labute approximate surface area is 228 Å². The Morgan fingerprint density at radius 1 is 1.14 bits per heavy atom. The molecule has 194 valence electrons. The van der Waals surface area contributed by atoms with Gasteiger partial charge in [0.05, 0.1) is 22.1 Å². The van der Waals surface area contributed by atoms with E-state index in [9.17, 15) is 9.59 Å². The highest BCUT2D eigenvalue weighted by Gasteiger charge is 2.69. The molecule has 3 aliphatic rings. The molecule has 2 saturated heterocycles. The number of benzene rings is 1. The number of rotatable bonds is 8. The van der Waals surface area contributed by atoms with E-state index < -0.39 is 28.4 Å². The van der Waals surface area contributed by atoms with Crippen molar-refractivity contribution >= 4 is 60.4 Å². The third-order valence-electron chi connectivity index (χ3n) is 7.78. The molecule has 2 heterocycles. The first kappa shape index (κ1) is 27.2. The molecule has 35 heavy (non-hydrogen) atoms. The summed E-state index contributed by atoms with van der Waals surface area (Å²) < 4.78 is 17.4. The lowest BCUT2D eigenvalue weighted by atomic mass is 9.58. The van der Waals surface area contributed by atoms with Crippen molar-refractivity contribution in [2.75, 3.05) is 26.2 Å². The number of thiol groups is 2. The summed E-state index contributed by atoms with van der Waals surface area (Å²) in [5.41, 5.74) is -0.607. The summed E-state index contributed by atoms with van der Waals surface area (Å²) in [6.07, 6.45) is 5.70. The number of unbranched alkanes of at least 4 members (excludes halogenated alkanes) is 2. The summed E-state index contributed by atoms with van der Waals surface area (Å²) in [5.74, 6) is -1.18. The van der Waals surface area contributed by atoms with Gasteiger partial charge in [-0.15, -0.1) is 12.6 Å². The molecular weight excluding hydrogens is 529 g/mol. The monoisotopic (exact) mass is 561 g/mol. The number of carbonyl (C=O) groups is 2. The average Bonchev–Trinajstić information content (AvgIpc) is 2.82. The Morgan fingerprint density at radius 2 is 1.94 bits per heavy atom. The number of likely N-dealkylation sites (tertiary alicyclic amines) is 1. The summed E-state index contributed by atoms with van der Waals surface area (Å²) >= 11 is 22.2. The van der Waals surface area contributed by atoms with Gasteiger partial charge in [0.15, 0.2) is 11.0 Å². The van der Waals surface area contributed by atoms with Crippen molar-refractivity contribution < 1.29 is 23.8 Å². The molecule has 1 aromatic rings. The molecule has 1 aliphatic carbocycles. The maximum Gasteiger partial charge on any atom is 0.419 e. The van der Waals surface area contributed by atoms with Crippen LogP contribution in [0.1, 0.15) is 51.9 Å². The molecule has 0 N–H and O–H groups in total. The van der Waals surface area contributed by atoms with Gasteiger partial charge in [0.2, 0.25) is 0 Å². The van der Waals surface area contributed by atoms with E-state index in [1.165, 1.54) is 0 Å². The van der Waals surface area contributed by atoms with Gasteiger partial charge in [0.25, 0.3) is 0 Å². The van der Waals surface area contributed by atoms with Crippen molar-refractivity contribution in [1.82, 2.24) is 4.90 Å². The summed E-state index contributed by atoms with van der Waals surface area (Å²) in [6.45, 7) is 5.21. The summed E-state index contributed by atoms with van der Waals surface area (Å²) in [4.78, 5) is 25.6. The van der Waals surface area contributed by atoms with Gasteiger partial charge in [-0.3, -0.25) is 0 Å². The van der Waals surface area contributed by atoms with Crippen LogP contribution in [0, 0.1) is 11.3 Å². The van der Waals surface area contributed by atoms with Crippen LogP contribution in [0.3, 0.4) is 0 Å². The van der Waals surface area contributed by atoms with Crippen molar-refractivity contribution in [3.05, 3.63) is 28.2 Å². The SMILES string of the molecule is CCCCCN1CCC(CCOc2ccc(Cl)c(Cl)c2)C2(C1)C(S)CCC1OC(=O)C(=O)OC12S. The standard InChI is InChI=1S/C25H33Cl2NO5S2/c1-2-3-4-11-28-12-9-16(10-13-31-17-5-6-18(26)19(27)14-17)24(15-28)21(34)8-7-20-25(24,35)33-23(30)22(29)32-20/h5-6,14,16,20-21,34-35H,2-4,7-13,15H2,1H3. The smallest absolute Gasteiger partial charge is 0.419 e. The zero-order valence-electron chi connectivity index (χ0n) is 19.9. The van der Waals surface area contributed by atoms with Crippen LogP contribution in [-0.4, -0.2) is 59.4 Å². The van der Waals surface area contributed by atoms with Crippen LogP contribution in [0.15, 0.2) is 18.2 Å². The van der Waals surface area contributed by atoms with Crippen molar-refractivity contribution in [3.8, 4) is 5.75 Å². The maximum absolute atomic E-state index is 12.4. The number of fused-ring (bicyclic) bond motifs is 2. The Morgan fingerprint density at radius 3 is 2.69 bits per heavy atom. The number of nitrogens with zero attached hydrogens (tertiary/aromatic N) is 1. The Hall–Kier alpha value is -0.800. The number of halogens is 2. The molecule has 2 aliphatic heterocycles. The molecule has 0 radical (unpaired) electrons. The predicted molar refractivity (Wildman–Crippen MR) is 143 cm³/mol. The van der Waals surface area contributed by atoms with Crippen molar-refractivity contribution in [2.24, 2.45) is 11.3 Å². The highest BCUT2D eigenvalue weighted by molar-refractivity contribution is 7.82. The van der Waals surface area contributed by atoms with Gasteiger partial charge >= 0.3 is 11.9 Å². The minimum absolute atomic E-state index is 0.0789. The van der Waals surface area contributed by atoms with Crippen molar-refractivity contribution in [1.29, 1.82) is 0 Å². The normalized spacial score (nSPS) is 33.2. The van der Waals surface area contributed by atoms with Crippen LogP contribution in [0.2, 0.25) is 10.0 Å². The maximum atomic E-state index is 12.4. The minimum Gasteiger partial charge on any atom is -0.494 e. The zero-order chi connectivity index (χ0) is 25.2. The van der Waals surface area contributed by atoms with Crippen LogP contribution in [-0.2, 0) is 19.1 Å². The van der Waals surface area contributed by atoms with E-state index in [0.717, 1.165) is 45.2 Å². The quantitative estimate of drug-likeness (QED) is 0.190. The molecule has 4 rings (SSSR count). The van der Waals surface area contributed by atoms with Crippen LogP contribution >= 0.6 is 48.5 Å². The van der Waals surface area contributed by atoms with Crippen molar-refractivity contribution in [3.63, 3.8) is 0 Å². The first-order valence-corrected chi connectivity index (χ1v) is 14.1. The molecule has 1 saturated carbocycles. The Bertz CT molecular complexity index is 952. The third kappa shape index (κ3) is 5.28. The first-order valence-electron chi connectivity index (χ1n) is 12.4. The van der Waals surface area contributed by atoms with E-state index in [1.54, 1.807) is 18.2 Å². The van der Waals surface area contributed by atoms with E-state index in [-0.39, 0.29) is 11.2 Å². The van der Waals surface area contributed by atoms with Gasteiger partial charge in [-0.2, -0.15) is 12.6 Å². The molecule has 5 unspecified atom stereocenters. The summed E-state index contributed by atoms with van der Waals surface area (Å²) in [6, 6.07) is 5.21. The number of piperidine rings is 1. The molecular formula is C25H33Cl2NO5S2. The lowest BCUT2D eigenvalue weighted by Crippen LogP contribution is -2.72. The second kappa shape index (κ2) is 11.3. The summed E-state index contributed by atoms with van der Waals surface area (Å²) in [7, 11) is 0. The molecule has 10 heteroatoms. The molecule has 6 nitrogen and oxygen atoms in total. The predicted octanol–water partition coefficient (Wildman–Crippen LogP) is 5.45. The van der Waals surface area contributed by atoms with Gasteiger partial charge in [-0.25, -0.2) is 9.59 Å². The third-order valence-corrected chi connectivity index (χ3v) is 10.0. The molecule has 0 amide bonds. The van der Waals surface area contributed by atoms with E-state index >= 15 is 0 Å². The molecule has 0 aromatic heterocycles.